The van der Waals surface area contributed by atoms with Crippen LogP contribution in [-0.4, -0.2) is 31.3 Å². The van der Waals surface area contributed by atoms with Crippen molar-refractivity contribution in [2.24, 2.45) is 0 Å². The van der Waals surface area contributed by atoms with Crippen LogP contribution in [-0.2, 0) is 11.3 Å². The van der Waals surface area contributed by atoms with Gasteiger partial charge in [0.15, 0.2) is 5.65 Å². The average molecular weight is 351 g/mol. The molecule has 0 bridgehead atoms. The summed E-state index contributed by atoms with van der Waals surface area (Å²) in [6, 6.07) is 8.22. The summed E-state index contributed by atoms with van der Waals surface area (Å²) in [5.41, 5.74) is 2.39. The van der Waals surface area contributed by atoms with E-state index in [0.717, 1.165) is 24.1 Å². The van der Waals surface area contributed by atoms with Crippen LogP contribution < -0.4 is 10.9 Å². The maximum absolute atomic E-state index is 12.8. The van der Waals surface area contributed by atoms with E-state index in [1.807, 2.05) is 31.2 Å². The zero-order chi connectivity index (χ0) is 18.3. The molecule has 0 aliphatic heterocycles. The largest absolute Gasteiger partial charge is 0.353 e. The highest BCUT2D eigenvalue weighted by Gasteiger charge is 2.23. The maximum atomic E-state index is 12.8. The average Bonchev–Trinajstić information content (AvgIpc) is 3.32. The molecular weight excluding hydrogens is 330 g/mol. The third-order valence-corrected chi connectivity index (χ3v) is 4.66. The molecule has 2 heterocycles. The Bertz CT molecular complexity index is 1030. The number of carbonyl (C=O) groups is 1. The van der Waals surface area contributed by atoms with Gasteiger partial charge in [-0.1, -0.05) is 17.7 Å². The SMILES string of the molecule is Cc1ccc(-n2ncc3c(=O)n(CCC(=O)NC4CC4)c(C)nc32)cc1. The van der Waals surface area contributed by atoms with Crippen molar-refractivity contribution in [1.29, 1.82) is 0 Å². The number of amides is 1. The molecule has 1 aliphatic rings. The van der Waals surface area contributed by atoms with Crippen molar-refractivity contribution in [2.75, 3.05) is 0 Å². The van der Waals surface area contributed by atoms with E-state index in [0.29, 0.717) is 29.4 Å². The molecule has 2 aromatic heterocycles. The van der Waals surface area contributed by atoms with Crippen molar-refractivity contribution in [1.82, 2.24) is 24.6 Å². The van der Waals surface area contributed by atoms with E-state index in [1.54, 1.807) is 22.4 Å². The maximum Gasteiger partial charge on any atom is 0.264 e. The van der Waals surface area contributed by atoms with Crippen molar-refractivity contribution >= 4 is 16.9 Å². The molecule has 1 N–H and O–H groups in total. The Hall–Kier alpha value is -2.96. The Morgan fingerprint density at radius 2 is 1.96 bits per heavy atom. The summed E-state index contributed by atoms with van der Waals surface area (Å²) in [6.07, 6.45) is 3.92. The van der Waals surface area contributed by atoms with Crippen LogP contribution in [0, 0.1) is 13.8 Å². The predicted molar refractivity (Wildman–Crippen MR) is 98.4 cm³/mol. The van der Waals surface area contributed by atoms with Crippen LogP contribution in [0.4, 0.5) is 0 Å². The first-order valence-corrected chi connectivity index (χ1v) is 8.84. The monoisotopic (exact) mass is 351 g/mol. The third kappa shape index (κ3) is 3.12. The normalized spacial score (nSPS) is 13.9. The van der Waals surface area contributed by atoms with Crippen LogP contribution in [0.1, 0.15) is 30.7 Å². The number of hydrogen-bond acceptors (Lipinski definition) is 4. The zero-order valence-corrected chi connectivity index (χ0v) is 14.9. The molecule has 7 heteroatoms. The fraction of sp³-hybridized carbons (Fsp3) is 0.368. The molecule has 1 aliphatic carbocycles. The molecule has 1 fully saturated rings. The van der Waals surface area contributed by atoms with E-state index >= 15 is 0 Å². The molecule has 0 saturated heterocycles. The molecule has 0 atom stereocenters. The van der Waals surface area contributed by atoms with Crippen molar-refractivity contribution in [2.45, 2.75) is 45.7 Å². The number of nitrogens with zero attached hydrogens (tertiary/aromatic N) is 4. The first kappa shape index (κ1) is 16.5. The number of rotatable bonds is 5. The summed E-state index contributed by atoms with van der Waals surface area (Å²) in [6.45, 7) is 4.12. The number of hydrogen-bond donors (Lipinski definition) is 1. The Morgan fingerprint density at radius 3 is 2.65 bits per heavy atom. The molecule has 134 valence electrons. The molecule has 0 unspecified atom stereocenters. The van der Waals surface area contributed by atoms with Gasteiger partial charge in [-0.25, -0.2) is 9.67 Å². The second kappa shape index (κ2) is 6.40. The molecular formula is C19H21N5O2. The molecule has 1 saturated carbocycles. The van der Waals surface area contributed by atoms with Gasteiger partial charge >= 0.3 is 0 Å². The summed E-state index contributed by atoms with van der Waals surface area (Å²) in [5, 5.41) is 7.74. The van der Waals surface area contributed by atoms with Crippen LogP contribution in [0.15, 0.2) is 35.3 Å². The molecule has 0 radical (unpaired) electrons. The standard InChI is InChI=1S/C19H21N5O2/c1-12-3-7-15(8-4-12)24-18-16(11-20-24)19(26)23(13(2)21-18)10-9-17(25)22-14-5-6-14/h3-4,7-8,11,14H,5-6,9-10H2,1-2H3,(H,22,25). The van der Waals surface area contributed by atoms with Crippen LogP contribution >= 0.6 is 0 Å². The Morgan fingerprint density at radius 1 is 1.23 bits per heavy atom. The van der Waals surface area contributed by atoms with Crippen molar-refractivity contribution < 1.29 is 4.79 Å². The van der Waals surface area contributed by atoms with Gasteiger partial charge in [-0.2, -0.15) is 5.10 Å². The summed E-state index contributed by atoms with van der Waals surface area (Å²) in [5.74, 6) is 0.560. The van der Waals surface area contributed by atoms with Gasteiger partial charge in [-0.3, -0.25) is 14.2 Å². The number of aromatic nitrogens is 4. The van der Waals surface area contributed by atoms with Crippen LogP contribution in [0.5, 0.6) is 0 Å². The quantitative estimate of drug-likeness (QED) is 0.761. The van der Waals surface area contributed by atoms with E-state index < -0.39 is 0 Å². The topological polar surface area (TPSA) is 81.8 Å². The van der Waals surface area contributed by atoms with Crippen molar-refractivity contribution in [3.8, 4) is 5.69 Å². The van der Waals surface area contributed by atoms with Gasteiger partial charge in [-0.05, 0) is 38.8 Å². The Balaban J connectivity index is 1.65. The van der Waals surface area contributed by atoms with E-state index in [2.05, 4.69) is 15.4 Å². The molecule has 0 spiro atoms. The molecule has 26 heavy (non-hydrogen) atoms. The van der Waals surface area contributed by atoms with Gasteiger partial charge in [-0.15, -0.1) is 0 Å². The molecule has 7 nitrogen and oxygen atoms in total. The number of carbonyl (C=O) groups excluding carboxylic acids is 1. The number of benzene rings is 1. The first-order chi connectivity index (χ1) is 12.5. The minimum absolute atomic E-state index is 0.0192. The van der Waals surface area contributed by atoms with Gasteiger partial charge in [0.2, 0.25) is 5.91 Å². The van der Waals surface area contributed by atoms with Crippen LogP contribution in [0.2, 0.25) is 0 Å². The van der Waals surface area contributed by atoms with Crippen molar-refractivity contribution in [3.63, 3.8) is 0 Å². The highest BCUT2D eigenvalue weighted by Crippen LogP contribution is 2.19. The number of nitrogens with one attached hydrogen (secondary N) is 1. The van der Waals surface area contributed by atoms with Crippen LogP contribution in [0.3, 0.4) is 0 Å². The van der Waals surface area contributed by atoms with Gasteiger partial charge < -0.3 is 5.32 Å². The Labute approximate surface area is 150 Å². The van der Waals surface area contributed by atoms with Crippen molar-refractivity contribution in [3.05, 3.63) is 52.2 Å². The lowest BCUT2D eigenvalue weighted by Gasteiger charge is -2.10. The highest BCUT2D eigenvalue weighted by molar-refractivity contribution is 5.77. The van der Waals surface area contributed by atoms with Gasteiger partial charge in [0.05, 0.1) is 11.9 Å². The lowest BCUT2D eigenvalue weighted by atomic mass is 10.2. The fourth-order valence-electron chi connectivity index (χ4n) is 2.99. The molecule has 1 amide bonds. The first-order valence-electron chi connectivity index (χ1n) is 8.84. The van der Waals surface area contributed by atoms with Gasteiger partial charge in [0, 0.05) is 19.0 Å². The minimum atomic E-state index is -0.162. The van der Waals surface area contributed by atoms with E-state index in [-0.39, 0.29) is 17.9 Å². The summed E-state index contributed by atoms with van der Waals surface area (Å²) in [7, 11) is 0. The summed E-state index contributed by atoms with van der Waals surface area (Å²) < 4.78 is 3.23. The predicted octanol–water partition coefficient (Wildman–Crippen LogP) is 1.87. The second-order valence-electron chi connectivity index (χ2n) is 6.84. The third-order valence-electron chi connectivity index (χ3n) is 4.66. The van der Waals surface area contributed by atoms with Crippen LogP contribution in [0.25, 0.3) is 16.7 Å². The van der Waals surface area contributed by atoms with Gasteiger partial charge in [0.25, 0.3) is 5.56 Å². The van der Waals surface area contributed by atoms with E-state index in [4.69, 9.17) is 0 Å². The highest BCUT2D eigenvalue weighted by atomic mass is 16.2. The number of fused-ring (bicyclic) bond motifs is 1. The summed E-state index contributed by atoms with van der Waals surface area (Å²) >= 11 is 0. The summed E-state index contributed by atoms with van der Waals surface area (Å²) in [4.78, 5) is 29.3. The van der Waals surface area contributed by atoms with E-state index in [1.165, 1.54) is 0 Å². The Kier molecular flexibility index (Phi) is 4.06. The molecule has 1 aromatic carbocycles. The lowest BCUT2D eigenvalue weighted by molar-refractivity contribution is -0.121. The lowest BCUT2D eigenvalue weighted by Crippen LogP contribution is -2.30. The second-order valence-corrected chi connectivity index (χ2v) is 6.84. The van der Waals surface area contributed by atoms with Gasteiger partial charge in [0.1, 0.15) is 11.2 Å². The smallest absolute Gasteiger partial charge is 0.264 e. The molecule has 4 rings (SSSR count). The fourth-order valence-corrected chi connectivity index (χ4v) is 2.99. The minimum Gasteiger partial charge on any atom is -0.353 e. The number of aryl methyl sites for hydroxylation is 2. The van der Waals surface area contributed by atoms with E-state index in [9.17, 15) is 9.59 Å². The zero-order valence-electron chi connectivity index (χ0n) is 14.9. The molecule has 3 aromatic rings.